The van der Waals surface area contributed by atoms with Gasteiger partial charge in [-0.25, -0.2) is 9.78 Å². The Morgan fingerprint density at radius 3 is 2.82 bits per heavy atom. The number of hydrogen-bond donors (Lipinski definition) is 1. The summed E-state index contributed by atoms with van der Waals surface area (Å²) in [6.07, 6.45) is 0. The number of esters is 1. The van der Waals surface area contributed by atoms with Crippen molar-refractivity contribution in [1.82, 2.24) is 4.98 Å². The van der Waals surface area contributed by atoms with Gasteiger partial charge in [-0.15, -0.1) is 0 Å². The van der Waals surface area contributed by atoms with Crippen LogP contribution in [-0.2, 0) is 4.74 Å². The Hall–Kier alpha value is -1.62. The Bertz CT molecular complexity index is 584. The summed E-state index contributed by atoms with van der Waals surface area (Å²) in [5.41, 5.74) is 1.89. The van der Waals surface area contributed by atoms with Crippen LogP contribution in [0, 0.1) is 0 Å². The van der Waals surface area contributed by atoms with Crippen molar-refractivity contribution in [2.45, 2.75) is 0 Å². The summed E-state index contributed by atoms with van der Waals surface area (Å²) in [5, 5.41) is 4.00. The van der Waals surface area contributed by atoms with Crippen LogP contribution >= 0.6 is 15.9 Å². The number of benzene rings is 1. The summed E-state index contributed by atoms with van der Waals surface area (Å²) in [7, 11) is 3.14. The van der Waals surface area contributed by atoms with Crippen molar-refractivity contribution in [2.24, 2.45) is 0 Å². The maximum Gasteiger partial charge on any atom is 0.356 e. The van der Waals surface area contributed by atoms with Crippen molar-refractivity contribution in [1.29, 1.82) is 0 Å². The lowest BCUT2D eigenvalue weighted by Gasteiger charge is -2.08. The van der Waals surface area contributed by atoms with Gasteiger partial charge < -0.3 is 10.1 Å². The van der Waals surface area contributed by atoms with Crippen LogP contribution in [0.2, 0.25) is 0 Å². The maximum absolute atomic E-state index is 11.5. The van der Waals surface area contributed by atoms with Gasteiger partial charge in [0.05, 0.1) is 12.6 Å². The molecule has 2 aromatic rings. The molecule has 1 aromatic carbocycles. The number of carbonyl (C=O) groups excluding carboxylic acids is 1. The van der Waals surface area contributed by atoms with E-state index in [0.717, 1.165) is 21.1 Å². The van der Waals surface area contributed by atoms with Crippen LogP contribution in [-0.4, -0.2) is 25.1 Å². The standard InChI is InChI=1S/C12H11BrN2O2/c1-14-10-6-11(12(16)17-2)15-9-4-3-7(13)5-8(9)10/h3-6H,1-2H3,(H,14,15). The highest BCUT2D eigenvalue weighted by atomic mass is 79.9. The number of fused-ring (bicyclic) bond motifs is 1. The summed E-state index contributed by atoms with van der Waals surface area (Å²) >= 11 is 3.41. The average Bonchev–Trinajstić information content (AvgIpc) is 2.36. The molecule has 0 radical (unpaired) electrons. The Morgan fingerprint density at radius 1 is 1.41 bits per heavy atom. The van der Waals surface area contributed by atoms with Gasteiger partial charge in [0, 0.05) is 22.6 Å². The lowest BCUT2D eigenvalue weighted by atomic mass is 10.1. The number of pyridine rings is 1. The van der Waals surface area contributed by atoms with E-state index in [9.17, 15) is 4.79 Å². The Labute approximate surface area is 107 Å². The van der Waals surface area contributed by atoms with Crippen LogP contribution in [0.3, 0.4) is 0 Å². The first kappa shape index (κ1) is 11.9. The molecule has 1 aromatic heterocycles. The first-order valence-electron chi connectivity index (χ1n) is 5.02. The third-order valence-corrected chi connectivity index (χ3v) is 2.93. The summed E-state index contributed by atoms with van der Waals surface area (Å²) < 4.78 is 5.64. The van der Waals surface area contributed by atoms with Gasteiger partial charge in [0.1, 0.15) is 0 Å². The van der Waals surface area contributed by atoms with Crippen LogP contribution in [0.25, 0.3) is 10.9 Å². The fraction of sp³-hybridized carbons (Fsp3) is 0.167. The molecular weight excluding hydrogens is 284 g/mol. The van der Waals surface area contributed by atoms with E-state index in [1.165, 1.54) is 7.11 Å². The molecule has 4 nitrogen and oxygen atoms in total. The minimum Gasteiger partial charge on any atom is -0.464 e. The van der Waals surface area contributed by atoms with E-state index in [1.807, 2.05) is 18.2 Å². The third-order valence-electron chi connectivity index (χ3n) is 2.43. The van der Waals surface area contributed by atoms with E-state index in [-0.39, 0.29) is 0 Å². The maximum atomic E-state index is 11.5. The molecule has 0 aliphatic heterocycles. The van der Waals surface area contributed by atoms with E-state index >= 15 is 0 Å². The Morgan fingerprint density at radius 2 is 2.18 bits per heavy atom. The van der Waals surface area contributed by atoms with Crippen LogP contribution in [0.4, 0.5) is 5.69 Å². The number of methoxy groups -OCH3 is 1. The molecular formula is C12H11BrN2O2. The monoisotopic (exact) mass is 294 g/mol. The number of rotatable bonds is 2. The minimum atomic E-state index is -0.439. The van der Waals surface area contributed by atoms with E-state index in [4.69, 9.17) is 0 Å². The molecule has 0 unspecified atom stereocenters. The van der Waals surface area contributed by atoms with Crippen molar-refractivity contribution in [2.75, 3.05) is 19.5 Å². The highest BCUT2D eigenvalue weighted by molar-refractivity contribution is 9.10. The Balaban J connectivity index is 2.70. The van der Waals surface area contributed by atoms with Gasteiger partial charge in [0.2, 0.25) is 0 Å². The number of aromatic nitrogens is 1. The molecule has 0 atom stereocenters. The summed E-state index contributed by atoms with van der Waals surface area (Å²) in [4.78, 5) is 15.7. The lowest BCUT2D eigenvalue weighted by Crippen LogP contribution is -2.05. The van der Waals surface area contributed by atoms with Gasteiger partial charge in [-0.2, -0.15) is 0 Å². The molecule has 17 heavy (non-hydrogen) atoms. The second kappa shape index (κ2) is 4.71. The summed E-state index contributed by atoms with van der Waals surface area (Å²) in [6.45, 7) is 0. The van der Waals surface area contributed by atoms with E-state index in [1.54, 1.807) is 13.1 Å². The van der Waals surface area contributed by atoms with Crippen molar-refractivity contribution in [3.8, 4) is 0 Å². The van der Waals surface area contributed by atoms with Crippen LogP contribution in [0.5, 0.6) is 0 Å². The first-order chi connectivity index (χ1) is 8.15. The van der Waals surface area contributed by atoms with Crippen molar-refractivity contribution in [3.05, 3.63) is 34.4 Å². The minimum absolute atomic E-state index is 0.298. The van der Waals surface area contributed by atoms with Gasteiger partial charge in [0.15, 0.2) is 5.69 Å². The predicted octanol–water partition coefficient (Wildman–Crippen LogP) is 2.83. The zero-order valence-corrected chi connectivity index (χ0v) is 11.0. The summed E-state index contributed by atoms with van der Waals surface area (Å²) in [6, 6.07) is 7.37. The number of nitrogens with one attached hydrogen (secondary N) is 1. The number of ether oxygens (including phenoxy) is 1. The van der Waals surface area contributed by atoms with Crippen molar-refractivity contribution in [3.63, 3.8) is 0 Å². The number of halogens is 1. The SMILES string of the molecule is CNc1cc(C(=O)OC)nc2ccc(Br)cc12. The number of nitrogens with zero attached hydrogens (tertiary/aromatic N) is 1. The molecule has 0 spiro atoms. The molecule has 0 aliphatic rings. The quantitative estimate of drug-likeness (QED) is 0.866. The van der Waals surface area contributed by atoms with Crippen molar-refractivity contribution >= 4 is 38.5 Å². The largest absolute Gasteiger partial charge is 0.464 e. The molecule has 0 amide bonds. The van der Waals surface area contributed by atoms with E-state index in [2.05, 4.69) is 31.0 Å². The summed E-state index contributed by atoms with van der Waals surface area (Å²) in [5.74, 6) is -0.439. The molecule has 88 valence electrons. The van der Waals surface area contributed by atoms with Gasteiger partial charge in [-0.05, 0) is 24.3 Å². The molecule has 0 saturated carbocycles. The Kier molecular flexibility index (Phi) is 3.28. The van der Waals surface area contributed by atoms with E-state index in [0.29, 0.717) is 5.69 Å². The molecule has 5 heteroatoms. The second-order valence-electron chi connectivity index (χ2n) is 3.46. The smallest absolute Gasteiger partial charge is 0.356 e. The molecule has 0 saturated heterocycles. The van der Waals surface area contributed by atoms with Gasteiger partial charge in [-0.3, -0.25) is 0 Å². The van der Waals surface area contributed by atoms with Gasteiger partial charge in [0.25, 0.3) is 0 Å². The predicted molar refractivity (Wildman–Crippen MR) is 70.3 cm³/mol. The lowest BCUT2D eigenvalue weighted by molar-refractivity contribution is 0.0594. The molecule has 1 heterocycles. The fourth-order valence-corrected chi connectivity index (χ4v) is 1.98. The zero-order valence-electron chi connectivity index (χ0n) is 9.45. The molecule has 0 fully saturated rings. The number of anilines is 1. The van der Waals surface area contributed by atoms with Crippen LogP contribution in [0.15, 0.2) is 28.7 Å². The molecule has 0 aliphatic carbocycles. The molecule has 2 rings (SSSR count). The third kappa shape index (κ3) is 2.24. The second-order valence-corrected chi connectivity index (χ2v) is 4.37. The topological polar surface area (TPSA) is 51.2 Å². The zero-order chi connectivity index (χ0) is 12.4. The molecule has 0 bridgehead atoms. The average molecular weight is 295 g/mol. The number of carbonyl (C=O) groups is 1. The highest BCUT2D eigenvalue weighted by Crippen LogP contribution is 2.26. The van der Waals surface area contributed by atoms with Gasteiger partial charge >= 0.3 is 5.97 Å². The van der Waals surface area contributed by atoms with Crippen LogP contribution < -0.4 is 5.32 Å². The number of hydrogen-bond acceptors (Lipinski definition) is 4. The van der Waals surface area contributed by atoms with Crippen molar-refractivity contribution < 1.29 is 9.53 Å². The van der Waals surface area contributed by atoms with Crippen LogP contribution in [0.1, 0.15) is 10.5 Å². The fourth-order valence-electron chi connectivity index (χ4n) is 1.61. The molecule has 1 N–H and O–H groups in total. The highest BCUT2D eigenvalue weighted by Gasteiger charge is 2.11. The normalized spacial score (nSPS) is 10.3. The first-order valence-corrected chi connectivity index (χ1v) is 5.81. The van der Waals surface area contributed by atoms with E-state index < -0.39 is 5.97 Å². The van der Waals surface area contributed by atoms with Gasteiger partial charge in [-0.1, -0.05) is 15.9 Å².